The average Bonchev–Trinajstić information content (AvgIpc) is 2.17. The second-order valence-corrected chi connectivity index (χ2v) is 3.04. The van der Waals surface area contributed by atoms with Crippen LogP contribution in [-0.2, 0) is 11.3 Å². The van der Waals surface area contributed by atoms with Gasteiger partial charge in [-0.05, 0) is 13.1 Å². The van der Waals surface area contributed by atoms with Gasteiger partial charge in [-0.3, -0.25) is 4.79 Å². The van der Waals surface area contributed by atoms with Gasteiger partial charge in [-0.25, -0.2) is 8.78 Å². The quantitative estimate of drug-likeness (QED) is 0.844. The average molecular weight is 251 g/mol. The smallest absolute Gasteiger partial charge is 0.234 e. The minimum atomic E-state index is -0.653. The Balaban J connectivity index is 0.00000225. The first-order valence-corrected chi connectivity index (χ1v) is 4.48. The molecule has 0 saturated carbocycles. The van der Waals surface area contributed by atoms with Gasteiger partial charge in [0.2, 0.25) is 5.91 Å². The summed E-state index contributed by atoms with van der Waals surface area (Å²) in [4.78, 5) is 11.0. The molecule has 3 nitrogen and oxygen atoms in total. The minimum Gasteiger partial charge on any atom is -0.351 e. The third-order valence-corrected chi connectivity index (χ3v) is 1.83. The number of benzene rings is 1. The van der Waals surface area contributed by atoms with Crippen molar-refractivity contribution < 1.29 is 13.6 Å². The minimum absolute atomic E-state index is 0. The van der Waals surface area contributed by atoms with Crippen LogP contribution in [0.5, 0.6) is 0 Å². The maximum absolute atomic E-state index is 13.1. The van der Waals surface area contributed by atoms with Gasteiger partial charge in [0.05, 0.1) is 6.54 Å². The first-order chi connectivity index (χ1) is 7.13. The number of hydrogen-bond acceptors (Lipinski definition) is 2. The van der Waals surface area contributed by atoms with Crippen molar-refractivity contribution in [1.29, 1.82) is 0 Å². The second kappa shape index (κ2) is 7.14. The number of rotatable bonds is 4. The molecule has 0 unspecified atom stereocenters. The van der Waals surface area contributed by atoms with E-state index in [9.17, 15) is 13.6 Å². The maximum atomic E-state index is 13.1. The molecule has 16 heavy (non-hydrogen) atoms. The van der Waals surface area contributed by atoms with Crippen molar-refractivity contribution in [3.63, 3.8) is 0 Å². The van der Waals surface area contributed by atoms with Crippen molar-refractivity contribution in [3.8, 4) is 0 Å². The molecule has 1 rings (SSSR count). The van der Waals surface area contributed by atoms with Crippen LogP contribution in [0.25, 0.3) is 0 Å². The van der Waals surface area contributed by atoms with E-state index < -0.39 is 11.6 Å². The molecular weight excluding hydrogens is 238 g/mol. The molecule has 0 heterocycles. The normalized spacial score (nSPS) is 9.44. The van der Waals surface area contributed by atoms with Gasteiger partial charge < -0.3 is 10.6 Å². The van der Waals surface area contributed by atoms with E-state index in [1.54, 1.807) is 7.05 Å². The van der Waals surface area contributed by atoms with Crippen molar-refractivity contribution >= 4 is 18.3 Å². The summed E-state index contributed by atoms with van der Waals surface area (Å²) in [5.41, 5.74) is 0.265. The Kier molecular flexibility index (Phi) is 6.60. The molecule has 0 atom stereocenters. The second-order valence-electron chi connectivity index (χ2n) is 3.04. The third-order valence-electron chi connectivity index (χ3n) is 1.83. The van der Waals surface area contributed by atoms with Gasteiger partial charge in [-0.15, -0.1) is 12.4 Å². The summed E-state index contributed by atoms with van der Waals surface area (Å²) in [5, 5.41) is 5.16. The lowest BCUT2D eigenvalue weighted by Gasteiger charge is -2.05. The first kappa shape index (κ1) is 14.8. The molecule has 2 N–H and O–H groups in total. The van der Waals surface area contributed by atoms with Crippen LogP contribution in [0.3, 0.4) is 0 Å². The monoisotopic (exact) mass is 250 g/mol. The lowest BCUT2D eigenvalue weighted by Crippen LogP contribution is -2.31. The molecule has 0 aliphatic carbocycles. The molecule has 0 aliphatic heterocycles. The molecule has 0 spiro atoms. The van der Waals surface area contributed by atoms with Crippen molar-refractivity contribution in [2.75, 3.05) is 13.6 Å². The summed E-state index contributed by atoms with van der Waals surface area (Å²) in [7, 11) is 1.64. The fraction of sp³-hybridized carbons (Fsp3) is 0.300. The standard InChI is InChI=1S/C10H12F2N2O.ClH/c1-13-6-10(15)14-5-7-2-3-8(11)4-9(7)12;/h2-4,13H,5-6H2,1H3,(H,14,15);1H. The molecule has 0 saturated heterocycles. The number of amides is 1. The van der Waals surface area contributed by atoms with Crippen molar-refractivity contribution in [1.82, 2.24) is 10.6 Å². The van der Waals surface area contributed by atoms with Crippen LogP contribution < -0.4 is 10.6 Å². The molecule has 1 aromatic carbocycles. The first-order valence-electron chi connectivity index (χ1n) is 4.48. The van der Waals surface area contributed by atoms with Crippen molar-refractivity contribution in [3.05, 3.63) is 35.4 Å². The van der Waals surface area contributed by atoms with Crippen LogP contribution in [-0.4, -0.2) is 19.5 Å². The van der Waals surface area contributed by atoms with Gasteiger partial charge in [0.25, 0.3) is 0 Å². The number of nitrogens with one attached hydrogen (secondary N) is 2. The molecule has 90 valence electrons. The van der Waals surface area contributed by atoms with Crippen LogP contribution >= 0.6 is 12.4 Å². The van der Waals surface area contributed by atoms with Gasteiger partial charge in [0, 0.05) is 18.2 Å². The fourth-order valence-electron chi connectivity index (χ4n) is 1.08. The highest BCUT2D eigenvalue weighted by Crippen LogP contribution is 2.08. The van der Waals surface area contributed by atoms with Crippen LogP contribution in [0.2, 0.25) is 0 Å². The SMILES string of the molecule is CNCC(=O)NCc1ccc(F)cc1F.Cl. The summed E-state index contributed by atoms with van der Waals surface area (Å²) < 4.78 is 25.6. The lowest BCUT2D eigenvalue weighted by molar-refractivity contribution is -0.120. The van der Waals surface area contributed by atoms with Gasteiger partial charge in [0.1, 0.15) is 11.6 Å². The summed E-state index contributed by atoms with van der Waals surface area (Å²) in [6.07, 6.45) is 0. The van der Waals surface area contributed by atoms with Crippen molar-refractivity contribution in [2.24, 2.45) is 0 Å². The zero-order valence-corrected chi connectivity index (χ0v) is 9.54. The van der Waals surface area contributed by atoms with Gasteiger partial charge >= 0.3 is 0 Å². The number of hydrogen-bond donors (Lipinski definition) is 2. The van der Waals surface area contributed by atoms with E-state index in [-0.39, 0.29) is 37.0 Å². The number of carbonyl (C=O) groups excluding carboxylic acids is 1. The van der Waals surface area contributed by atoms with E-state index >= 15 is 0 Å². The number of halogens is 3. The fourth-order valence-corrected chi connectivity index (χ4v) is 1.08. The van der Waals surface area contributed by atoms with E-state index in [1.165, 1.54) is 6.07 Å². The Morgan fingerprint density at radius 3 is 2.62 bits per heavy atom. The Bertz CT molecular complexity index is 361. The molecule has 1 amide bonds. The molecule has 0 bridgehead atoms. The predicted octanol–water partition coefficient (Wildman–Crippen LogP) is 1.22. The number of carbonyl (C=O) groups is 1. The molecule has 6 heteroatoms. The molecule has 1 aromatic rings. The Hall–Kier alpha value is -1.20. The van der Waals surface area contributed by atoms with E-state index in [2.05, 4.69) is 10.6 Å². The van der Waals surface area contributed by atoms with Gasteiger partial charge in [-0.1, -0.05) is 6.07 Å². The highest BCUT2D eigenvalue weighted by Gasteiger charge is 2.05. The molecule has 0 fully saturated rings. The van der Waals surface area contributed by atoms with Crippen LogP contribution in [0.1, 0.15) is 5.56 Å². The Morgan fingerprint density at radius 1 is 1.38 bits per heavy atom. The summed E-state index contributed by atoms with van der Waals surface area (Å²) in [6.45, 7) is 0.232. The molecule has 0 radical (unpaired) electrons. The van der Waals surface area contributed by atoms with Crippen LogP contribution in [0, 0.1) is 11.6 Å². The van der Waals surface area contributed by atoms with Crippen LogP contribution in [0.4, 0.5) is 8.78 Å². The molecule has 0 aliphatic rings. The molecule has 0 aromatic heterocycles. The zero-order valence-electron chi connectivity index (χ0n) is 8.72. The highest BCUT2D eigenvalue weighted by atomic mass is 35.5. The van der Waals surface area contributed by atoms with E-state index in [4.69, 9.17) is 0 Å². The summed E-state index contributed by atoms with van der Waals surface area (Å²) >= 11 is 0. The molecular formula is C10H13ClF2N2O. The zero-order chi connectivity index (χ0) is 11.3. The highest BCUT2D eigenvalue weighted by molar-refractivity contribution is 5.85. The Labute approximate surface area is 98.6 Å². The Morgan fingerprint density at radius 2 is 2.06 bits per heavy atom. The van der Waals surface area contributed by atoms with Gasteiger partial charge in [0.15, 0.2) is 0 Å². The third kappa shape index (κ3) is 4.55. The number of likely N-dealkylation sites (N-methyl/N-ethyl adjacent to an activating group) is 1. The van der Waals surface area contributed by atoms with E-state index in [0.29, 0.717) is 0 Å². The van der Waals surface area contributed by atoms with Crippen LogP contribution in [0.15, 0.2) is 18.2 Å². The van der Waals surface area contributed by atoms with Gasteiger partial charge in [-0.2, -0.15) is 0 Å². The predicted molar refractivity (Wildman–Crippen MR) is 59.4 cm³/mol. The maximum Gasteiger partial charge on any atom is 0.234 e. The van der Waals surface area contributed by atoms with Crippen molar-refractivity contribution in [2.45, 2.75) is 6.54 Å². The van der Waals surface area contributed by atoms with E-state index in [1.807, 2.05) is 0 Å². The summed E-state index contributed by atoms with van der Waals surface area (Å²) in [5.74, 6) is -1.52. The van der Waals surface area contributed by atoms with E-state index in [0.717, 1.165) is 12.1 Å². The largest absolute Gasteiger partial charge is 0.351 e. The lowest BCUT2D eigenvalue weighted by atomic mass is 10.2. The topological polar surface area (TPSA) is 41.1 Å². The summed E-state index contributed by atoms with van der Waals surface area (Å²) in [6, 6.07) is 3.26.